The van der Waals surface area contributed by atoms with Crippen LogP contribution in [0.1, 0.15) is 57.2 Å². The number of amides is 2. The first-order valence-electron chi connectivity index (χ1n) is 12.2. The Labute approximate surface area is 228 Å². The summed E-state index contributed by atoms with van der Waals surface area (Å²) in [5.41, 5.74) is 5.74. The van der Waals surface area contributed by atoms with E-state index in [1.54, 1.807) is 24.3 Å². The first-order valence-corrected chi connectivity index (χ1v) is 12.6. The van der Waals surface area contributed by atoms with Gasteiger partial charge in [0.2, 0.25) is 0 Å². The van der Waals surface area contributed by atoms with E-state index in [-0.39, 0.29) is 40.8 Å². The number of aryl methyl sites for hydroxylation is 1. The molecule has 2 heterocycles. The van der Waals surface area contributed by atoms with Crippen molar-refractivity contribution in [1.82, 2.24) is 0 Å². The highest BCUT2D eigenvalue weighted by atomic mass is 35.5. The topological polar surface area (TPSA) is 144 Å². The van der Waals surface area contributed by atoms with Crippen LogP contribution in [0.4, 0.5) is 22.7 Å². The lowest BCUT2D eigenvalue weighted by Crippen LogP contribution is -2.37. The third-order valence-corrected chi connectivity index (χ3v) is 7.15. The number of carbonyl (C=O) groups is 2. The van der Waals surface area contributed by atoms with Crippen molar-refractivity contribution in [3.05, 3.63) is 96.1 Å². The predicted molar refractivity (Wildman–Crippen MR) is 148 cm³/mol. The number of hydrogen-bond acceptors (Lipinski definition) is 8. The zero-order valence-corrected chi connectivity index (χ0v) is 22.1. The number of carbonyl (C=O) groups excluding carboxylic acids is 2. The van der Waals surface area contributed by atoms with Gasteiger partial charge in [0, 0.05) is 16.7 Å². The second-order valence-electron chi connectivity index (χ2n) is 9.17. The first-order chi connectivity index (χ1) is 18.6. The number of hydrogen-bond donors (Lipinski definition) is 3. The van der Waals surface area contributed by atoms with E-state index in [0.717, 1.165) is 5.76 Å². The fourth-order valence-electron chi connectivity index (χ4n) is 4.73. The van der Waals surface area contributed by atoms with Crippen molar-refractivity contribution < 1.29 is 18.7 Å². The number of primary amides is 1. The lowest BCUT2D eigenvalue weighted by Gasteiger charge is -2.21. The van der Waals surface area contributed by atoms with Gasteiger partial charge in [0.15, 0.2) is 0 Å². The van der Waals surface area contributed by atoms with Crippen LogP contribution >= 0.6 is 11.6 Å². The Hall–Kier alpha value is -4.57. The highest BCUT2D eigenvalue weighted by Crippen LogP contribution is 2.40. The minimum absolute atomic E-state index is 0.0386. The van der Waals surface area contributed by atoms with Crippen molar-refractivity contribution in [3.63, 3.8) is 0 Å². The highest BCUT2D eigenvalue weighted by molar-refractivity contribution is 6.33. The number of anilines is 4. The highest BCUT2D eigenvalue weighted by Gasteiger charge is 2.36. The quantitative estimate of drug-likeness (QED) is 0.261. The Bertz CT molecular complexity index is 1700. The van der Waals surface area contributed by atoms with Crippen molar-refractivity contribution in [2.75, 3.05) is 22.6 Å². The van der Waals surface area contributed by atoms with Crippen LogP contribution in [0.3, 0.4) is 0 Å². The summed E-state index contributed by atoms with van der Waals surface area (Å²) in [4.78, 5) is 52.3. The molecule has 3 aromatic carbocycles. The molecule has 1 aliphatic heterocycles. The van der Waals surface area contributed by atoms with E-state index in [1.165, 1.54) is 18.1 Å². The van der Waals surface area contributed by atoms with Crippen molar-refractivity contribution in [2.45, 2.75) is 32.9 Å². The number of nitrogens with zero attached hydrogens (tertiary/aromatic N) is 1. The fraction of sp³-hybridized carbons (Fsp3) is 0.214. The Morgan fingerprint density at radius 3 is 2.51 bits per heavy atom. The van der Waals surface area contributed by atoms with Gasteiger partial charge in [-0.25, -0.2) is 0 Å². The smallest absolute Gasteiger partial charge is 0.261 e. The summed E-state index contributed by atoms with van der Waals surface area (Å²) in [6, 6.07) is 11.1. The predicted octanol–water partition coefficient (Wildman–Crippen LogP) is 4.41. The van der Waals surface area contributed by atoms with E-state index in [9.17, 15) is 19.2 Å². The molecule has 0 saturated heterocycles. The van der Waals surface area contributed by atoms with Gasteiger partial charge in [-0.3, -0.25) is 19.2 Å². The van der Waals surface area contributed by atoms with Crippen molar-refractivity contribution >= 4 is 46.2 Å². The van der Waals surface area contributed by atoms with Gasteiger partial charge in [-0.05, 0) is 49.7 Å². The Balaban J connectivity index is 1.50. The van der Waals surface area contributed by atoms with Crippen LogP contribution in [0.25, 0.3) is 0 Å². The molecule has 5 rings (SSSR count). The summed E-state index contributed by atoms with van der Waals surface area (Å²) in [7, 11) is 1.47. The molecule has 0 spiro atoms. The number of nitrogens with two attached hydrogens (primary N) is 1. The summed E-state index contributed by atoms with van der Waals surface area (Å²) in [6.45, 7) is 3.80. The number of methoxy groups -OCH3 is 1. The zero-order chi connectivity index (χ0) is 28.0. The number of furan rings is 1. The zero-order valence-electron chi connectivity index (χ0n) is 21.4. The van der Waals surface area contributed by atoms with E-state index in [1.807, 2.05) is 26.0 Å². The molecular weight excluding hydrogens is 524 g/mol. The van der Waals surface area contributed by atoms with Crippen molar-refractivity contribution in [1.29, 1.82) is 0 Å². The molecule has 4 aromatic rings. The summed E-state index contributed by atoms with van der Waals surface area (Å²) in [6.07, 6.45) is 0.595. The Morgan fingerprint density at radius 1 is 1.13 bits per heavy atom. The third-order valence-electron chi connectivity index (χ3n) is 6.79. The standard InChI is InChI=1S/C28H25ClN4O6/c1-4-18(21-10-5-13(2)39-21)31-23-24(26(35)25(23)34)32-19-9-8-17(29)16-12-33(28(37)22(16)19)20-11-14(38-3)6-7-15(20)27(30)36/h5-11,18,31-32H,4,12H2,1-3H3,(H2,30,36)/t18-/m1/s1. The molecule has 2 amide bonds. The van der Waals surface area contributed by atoms with Crippen LogP contribution in [0, 0.1) is 6.92 Å². The number of ether oxygens (including phenoxy) is 1. The monoisotopic (exact) mass is 548 g/mol. The number of halogens is 1. The summed E-state index contributed by atoms with van der Waals surface area (Å²) in [5, 5.41) is 6.42. The normalized spacial score (nSPS) is 13.4. The average Bonchev–Trinajstić information content (AvgIpc) is 3.52. The van der Waals surface area contributed by atoms with Gasteiger partial charge in [0.05, 0.1) is 42.2 Å². The largest absolute Gasteiger partial charge is 0.497 e. The van der Waals surface area contributed by atoms with Gasteiger partial charge >= 0.3 is 0 Å². The lowest BCUT2D eigenvalue weighted by atomic mass is 10.1. The van der Waals surface area contributed by atoms with Crippen molar-refractivity contribution in [2.24, 2.45) is 5.73 Å². The van der Waals surface area contributed by atoms with Gasteiger partial charge < -0.3 is 30.4 Å². The molecule has 39 heavy (non-hydrogen) atoms. The molecule has 0 saturated carbocycles. The van der Waals surface area contributed by atoms with Crippen LogP contribution in [0.2, 0.25) is 5.02 Å². The van der Waals surface area contributed by atoms with Crippen LogP contribution in [-0.4, -0.2) is 18.9 Å². The molecular formula is C28H25ClN4O6. The molecule has 1 atom stereocenters. The molecule has 0 radical (unpaired) electrons. The molecule has 1 aromatic heterocycles. The number of fused-ring (bicyclic) bond motifs is 1. The first kappa shape index (κ1) is 26.1. The maximum atomic E-state index is 13.7. The number of rotatable bonds is 9. The molecule has 10 nitrogen and oxygen atoms in total. The SMILES string of the molecule is CC[C@@H](Nc1c(Nc2ccc(Cl)c3c2C(=O)N(c2cc(OC)ccc2C(N)=O)C3)c(=O)c1=O)c1ccc(C)o1. The van der Waals surface area contributed by atoms with Crippen molar-refractivity contribution in [3.8, 4) is 5.75 Å². The number of benzene rings is 2. The second-order valence-corrected chi connectivity index (χ2v) is 9.58. The van der Waals surface area contributed by atoms with Crippen LogP contribution in [0.15, 0.2) is 56.5 Å². The lowest BCUT2D eigenvalue weighted by molar-refractivity contribution is 0.0996. The molecule has 1 aliphatic rings. The molecule has 0 aliphatic carbocycles. The van der Waals surface area contributed by atoms with Gasteiger partial charge in [0.25, 0.3) is 22.7 Å². The van der Waals surface area contributed by atoms with E-state index in [2.05, 4.69) is 10.6 Å². The van der Waals surface area contributed by atoms with E-state index >= 15 is 0 Å². The van der Waals surface area contributed by atoms with E-state index in [0.29, 0.717) is 34.2 Å². The van der Waals surface area contributed by atoms with Gasteiger partial charge in [-0.1, -0.05) is 18.5 Å². The average molecular weight is 549 g/mol. The molecule has 0 fully saturated rings. The molecule has 0 bridgehead atoms. The minimum atomic E-state index is -0.711. The van der Waals surface area contributed by atoms with Gasteiger partial charge in [-0.2, -0.15) is 0 Å². The Kier molecular flexibility index (Phi) is 6.65. The van der Waals surface area contributed by atoms with Crippen LogP contribution < -0.4 is 36.9 Å². The molecule has 200 valence electrons. The molecule has 0 unspecified atom stereocenters. The third kappa shape index (κ3) is 4.42. The maximum Gasteiger partial charge on any atom is 0.261 e. The molecule has 11 heteroatoms. The summed E-state index contributed by atoms with van der Waals surface area (Å²) in [5.74, 6) is 0.619. The fourth-order valence-corrected chi connectivity index (χ4v) is 4.94. The molecule has 4 N–H and O–H groups in total. The summed E-state index contributed by atoms with van der Waals surface area (Å²) >= 11 is 6.46. The van der Waals surface area contributed by atoms with Crippen LogP contribution in [-0.2, 0) is 6.54 Å². The minimum Gasteiger partial charge on any atom is -0.497 e. The van der Waals surface area contributed by atoms with E-state index in [4.69, 9.17) is 26.5 Å². The second kappa shape index (κ2) is 9.95. The summed E-state index contributed by atoms with van der Waals surface area (Å²) < 4.78 is 11.0. The van der Waals surface area contributed by atoms with Crippen LogP contribution in [0.5, 0.6) is 5.75 Å². The van der Waals surface area contributed by atoms with Gasteiger partial charge in [0.1, 0.15) is 28.6 Å². The van der Waals surface area contributed by atoms with E-state index < -0.39 is 22.7 Å². The van der Waals surface area contributed by atoms with Gasteiger partial charge in [-0.15, -0.1) is 0 Å². The number of nitrogens with one attached hydrogen (secondary N) is 2. The maximum absolute atomic E-state index is 13.7. The Morgan fingerprint density at radius 2 is 1.87 bits per heavy atom.